The number of nitrogens with one attached hydrogen (secondary N) is 1. The van der Waals surface area contributed by atoms with Crippen molar-refractivity contribution in [2.75, 3.05) is 33.3 Å². The quantitative estimate of drug-likeness (QED) is 0.853. The summed E-state index contributed by atoms with van der Waals surface area (Å²) in [5.74, 6) is 0.448. The van der Waals surface area contributed by atoms with Gasteiger partial charge >= 0.3 is 0 Å². The van der Waals surface area contributed by atoms with Gasteiger partial charge in [0.05, 0.1) is 13.7 Å². The van der Waals surface area contributed by atoms with E-state index >= 15 is 0 Å². The summed E-state index contributed by atoms with van der Waals surface area (Å²) >= 11 is 0. The molecule has 1 aromatic rings. The second-order valence-corrected chi connectivity index (χ2v) is 6.85. The zero-order chi connectivity index (χ0) is 19.3. The van der Waals surface area contributed by atoms with E-state index in [1.807, 2.05) is 13.8 Å². The smallest absolute Gasteiger partial charge is 0.254 e. The topological polar surface area (TPSA) is 79.0 Å². The fourth-order valence-electron chi connectivity index (χ4n) is 2.91. The number of carbonyl (C=O) groups excluding carboxylic acids is 3. The number of carbonyl (C=O) groups is 3. The largest absolute Gasteiger partial charge is 0.497 e. The SMILES string of the molecule is COc1ccc(C(=O)N2CCN(C(C)=O)C(C(=O)NCC(C)C)C2)cc1. The highest BCUT2D eigenvalue weighted by Crippen LogP contribution is 2.17. The van der Waals surface area contributed by atoms with Crippen LogP contribution in [0.25, 0.3) is 0 Å². The summed E-state index contributed by atoms with van der Waals surface area (Å²) < 4.78 is 5.11. The monoisotopic (exact) mass is 361 g/mol. The molecular formula is C19H27N3O4. The number of amides is 3. The molecule has 1 fully saturated rings. The predicted octanol–water partition coefficient (Wildman–Crippen LogP) is 1.14. The van der Waals surface area contributed by atoms with Gasteiger partial charge in [0.25, 0.3) is 5.91 Å². The van der Waals surface area contributed by atoms with Gasteiger partial charge in [-0.2, -0.15) is 0 Å². The highest BCUT2D eigenvalue weighted by Gasteiger charge is 2.35. The lowest BCUT2D eigenvalue weighted by molar-refractivity contribution is -0.141. The molecule has 7 nitrogen and oxygen atoms in total. The summed E-state index contributed by atoms with van der Waals surface area (Å²) in [6, 6.07) is 6.19. The molecule has 2 rings (SSSR count). The number of ether oxygens (including phenoxy) is 1. The van der Waals surface area contributed by atoms with Crippen molar-refractivity contribution in [2.45, 2.75) is 26.8 Å². The fourth-order valence-corrected chi connectivity index (χ4v) is 2.91. The van der Waals surface area contributed by atoms with E-state index in [1.165, 1.54) is 11.8 Å². The maximum absolute atomic E-state index is 12.8. The maximum atomic E-state index is 12.8. The Morgan fingerprint density at radius 1 is 1.19 bits per heavy atom. The lowest BCUT2D eigenvalue weighted by atomic mass is 10.1. The van der Waals surface area contributed by atoms with E-state index in [-0.39, 0.29) is 24.3 Å². The zero-order valence-electron chi connectivity index (χ0n) is 15.8. The summed E-state index contributed by atoms with van der Waals surface area (Å²) in [6.07, 6.45) is 0. The van der Waals surface area contributed by atoms with E-state index in [0.29, 0.717) is 36.9 Å². The van der Waals surface area contributed by atoms with E-state index in [4.69, 9.17) is 4.74 Å². The summed E-state index contributed by atoms with van der Waals surface area (Å²) in [4.78, 5) is 40.4. The van der Waals surface area contributed by atoms with Crippen molar-refractivity contribution < 1.29 is 19.1 Å². The van der Waals surface area contributed by atoms with Crippen LogP contribution in [0.3, 0.4) is 0 Å². The van der Waals surface area contributed by atoms with Gasteiger partial charge in [0, 0.05) is 32.1 Å². The van der Waals surface area contributed by atoms with E-state index in [0.717, 1.165) is 0 Å². The van der Waals surface area contributed by atoms with Crippen molar-refractivity contribution in [3.8, 4) is 5.75 Å². The van der Waals surface area contributed by atoms with Crippen LogP contribution in [0, 0.1) is 5.92 Å². The third-order valence-electron chi connectivity index (χ3n) is 4.40. The minimum atomic E-state index is -0.665. The van der Waals surface area contributed by atoms with Crippen molar-refractivity contribution in [2.24, 2.45) is 5.92 Å². The van der Waals surface area contributed by atoms with Crippen LogP contribution < -0.4 is 10.1 Å². The number of piperazine rings is 1. The van der Waals surface area contributed by atoms with Gasteiger partial charge in [0.2, 0.25) is 11.8 Å². The van der Waals surface area contributed by atoms with Gasteiger partial charge in [0.15, 0.2) is 0 Å². The van der Waals surface area contributed by atoms with Crippen LogP contribution in [0.15, 0.2) is 24.3 Å². The van der Waals surface area contributed by atoms with Gasteiger partial charge < -0.3 is 19.9 Å². The average Bonchev–Trinajstić information content (AvgIpc) is 2.64. The molecular weight excluding hydrogens is 334 g/mol. The molecule has 0 saturated carbocycles. The number of nitrogens with zero attached hydrogens (tertiary/aromatic N) is 2. The number of rotatable bonds is 5. The first-order chi connectivity index (χ1) is 12.3. The molecule has 0 aromatic heterocycles. The summed E-state index contributed by atoms with van der Waals surface area (Å²) in [7, 11) is 1.57. The van der Waals surface area contributed by atoms with Crippen LogP contribution in [0.2, 0.25) is 0 Å². The first kappa shape index (κ1) is 19.8. The highest BCUT2D eigenvalue weighted by molar-refractivity contribution is 5.95. The zero-order valence-corrected chi connectivity index (χ0v) is 15.8. The molecule has 1 N–H and O–H groups in total. The van der Waals surface area contributed by atoms with E-state index in [9.17, 15) is 14.4 Å². The molecule has 1 saturated heterocycles. The van der Waals surface area contributed by atoms with Crippen molar-refractivity contribution in [1.29, 1.82) is 0 Å². The molecule has 1 unspecified atom stereocenters. The molecule has 142 valence electrons. The van der Waals surface area contributed by atoms with E-state index in [1.54, 1.807) is 36.3 Å². The van der Waals surface area contributed by atoms with Crippen molar-refractivity contribution in [3.63, 3.8) is 0 Å². The van der Waals surface area contributed by atoms with Crippen LogP contribution in [0.1, 0.15) is 31.1 Å². The van der Waals surface area contributed by atoms with Gasteiger partial charge in [0.1, 0.15) is 11.8 Å². The van der Waals surface area contributed by atoms with Crippen LogP contribution >= 0.6 is 0 Å². The Morgan fingerprint density at radius 2 is 1.85 bits per heavy atom. The molecule has 1 aromatic carbocycles. The molecule has 26 heavy (non-hydrogen) atoms. The number of methoxy groups -OCH3 is 1. The second-order valence-electron chi connectivity index (χ2n) is 6.85. The normalized spacial score (nSPS) is 17.2. The maximum Gasteiger partial charge on any atom is 0.254 e. The molecule has 0 spiro atoms. The molecule has 3 amide bonds. The third-order valence-corrected chi connectivity index (χ3v) is 4.40. The number of benzene rings is 1. The summed E-state index contributed by atoms with van der Waals surface area (Å²) in [5.41, 5.74) is 0.531. The van der Waals surface area contributed by atoms with Gasteiger partial charge in [-0.15, -0.1) is 0 Å². The van der Waals surface area contributed by atoms with E-state index in [2.05, 4.69) is 5.32 Å². The highest BCUT2D eigenvalue weighted by atomic mass is 16.5. The summed E-state index contributed by atoms with van der Waals surface area (Å²) in [6.45, 7) is 6.92. The van der Waals surface area contributed by atoms with Crippen LogP contribution in [-0.2, 0) is 9.59 Å². The predicted molar refractivity (Wildman–Crippen MR) is 97.9 cm³/mol. The fraction of sp³-hybridized carbons (Fsp3) is 0.526. The first-order valence-electron chi connectivity index (χ1n) is 8.81. The lowest BCUT2D eigenvalue weighted by Crippen LogP contribution is -2.61. The molecule has 1 heterocycles. The number of hydrogen-bond acceptors (Lipinski definition) is 4. The molecule has 0 aliphatic carbocycles. The Labute approximate surface area is 154 Å². The van der Waals surface area contributed by atoms with Crippen LogP contribution in [0.5, 0.6) is 5.75 Å². The minimum absolute atomic E-state index is 0.155. The third kappa shape index (κ3) is 4.74. The lowest BCUT2D eigenvalue weighted by Gasteiger charge is -2.40. The molecule has 1 aliphatic heterocycles. The Bertz CT molecular complexity index is 657. The molecule has 1 aliphatic rings. The Hall–Kier alpha value is -2.57. The van der Waals surface area contributed by atoms with Gasteiger partial charge in [-0.05, 0) is 30.2 Å². The van der Waals surface area contributed by atoms with E-state index < -0.39 is 6.04 Å². The first-order valence-corrected chi connectivity index (χ1v) is 8.81. The Kier molecular flexibility index (Phi) is 6.60. The molecule has 7 heteroatoms. The Morgan fingerprint density at radius 3 is 2.38 bits per heavy atom. The van der Waals surface area contributed by atoms with Gasteiger partial charge in [-0.25, -0.2) is 0 Å². The van der Waals surface area contributed by atoms with Gasteiger partial charge in [-0.1, -0.05) is 13.8 Å². The second kappa shape index (κ2) is 8.69. The molecule has 1 atom stereocenters. The van der Waals surface area contributed by atoms with Crippen LogP contribution in [-0.4, -0.2) is 66.9 Å². The molecule has 0 bridgehead atoms. The minimum Gasteiger partial charge on any atom is -0.497 e. The summed E-state index contributed by atoms with van der Waals surface area (Å²) in [5, 5.41) is 2.86. The Balaban J connectivity index is 2.12. The molecule has 0 radical (unpaired) electrons. The van der Waals surface area contributed by atoms with Gasteiger partial charge in [-0.3, -0.25) is 14.4 Å². The van der Waals surface area contributed by atoms with Crippen molar-refractivity contribution in [1.82, 2.24) is 15.1 Å². The number of hydrogen-bond donors (Lipinski definition) is 1. The van der Waals surface area contributed by atoms with Crippen molar-refractivity contribution >= 4 is 17.7 Å². The van der Waals surface area contributed by atoms with Crippen molar-refractivity contribution in [3.05, 3.63) is 29.8 Å². The standard InChI is InChI=1S/C19H27N3O4/c1-13(2)11-20-18(24)17-12-21(9-10-22(17)14(3)23)19(25)15-5-7-16(26-4)8-6-15/h5-8,13,17H,9-12H2,1-4H3,(H,20,24). The average molecular weight is 361 g/mol. The van der Waals surface area contributed by atoms with Crippen LogP contribution in [0.4, 0.5) is 0 Å².